The van der Waals surface area contributed by atoms with E-state index in [0.717, 1.165) is 0 Å². The molecule has 0 fully saturated rings. The number of halogens is 3. The van der Waals surface area contributed by atoms with Gasteiger partial charge in [0.25, 0.3) is 5.91 Å². The van der Waals surface area contributed by atoms with Crippen molar-refractivity contribution in [3.63, 3.8) is 0 Å². The Morgan fingerprint density at radius 3 is 2.23 bits per heavy atom. The summed E-state index contributed by atoms with van der Waals surface area (Å²) < 4.78 is 42.9. The van der Waals surface area contributed by atoms with Crippen LogP contribution < -0.4 is 15.4 Å². The molecule has 0 saturated carbocycles. The molecular formula is C21H15F3N2O2S2. The third-order valence-electron chi connectivity index (χ3n) is 3.65. The fourth-order valence-electron chi connectivity index (χ4n) is 2.41. The number of carbonyl (C=O) groups is 1. The number of thioether (sulfide) groups is 1. The molecule has 0 aliphatic rings. The predicted molar refractivity (Wildman–Crippen MR) is 115 cm³/mol. The van der Waals surface area contributed by atoms with Crippen molar-refractivity contribution in [1.29, 1.82) is 0 Å². The molecule has 0 aliphatic heterocycles. The quantitative estimate of drug-likeness (QED) is 0.359. The molecule has 0 atom stereocenters. The van der Waals surface area contributed by atoms with Crippen LogP contribution in [0.5, 0.6) is 11.5 Å². The summed E-state index contributed by atoms with van der Waals surface area (Å²) in [5.41, 5.74) is -3.59. The Morgan fingerprint density at radius 2 is 1.57 bits per heavy atom. The summed E-state index contributed by atoms with van der Waals surface area (Å²) in [6, 6.07) is 21.3. The minimum absolute atomic E-state index is 0.00465. The van der Waals surface area contributed by atoms with E-state index >= 15 is 0 Å². The van der Waals surface area contributed by atoms with Gasteiger partial charge in [0, 0.05) is 22.2 Å². The molecule has 0 aliphatic carbocycles. The van der Waals surface area contributed by atoms with Crippen LogP contribution in [0.4, 0.5) is 18.9 Å². The van der Waals surface area contributed by atoms with Crippen LogP contribution in [0.25, 0.3) is 0 Å². The summed E-state index contributed by atoms with van der Waals surface area (Å²) in [5.74, 6) is 0.725. The number of rotatable bonds is 5. The molecule has 0 spiro atoms. The molecule has 30 heavy (non-hydrogen) atoms. The van der Waals surface area contributed by atoms with Gasteiger partial charge in [-0.05, 0) is 72.5 Å². The smallest absolute Gasteiger partial charge is 0.446 e. The molecule has 0 aromatic heterocycles. The highest BCUT2D eigenvalue weighted by atomic mass is 32.2. The number of carbonyl (C=O) groups excluding carboxylic acids is 1. The zero-order chi connectivity index (χ0) is 21.6. The van der Waals surface area contributed by atoms with Crippen molar-refractivity contribution in [3.8, 4) is 11.5 Å². The maximum atomic E-state index is 12.4. The fourth-order valence-corrected chi connectivity index (χ4v) is 3.16. The molecule has 0 heterocycles. The van der Waals surface area contributed by atoms with E-state index in [9.17, 15) is 18.0 Å². The molecule has 0 radical (unpaired) electrons. The Morgan fingerprint density at radius 1 is 0.900 bits per heavy atom. The number of amides is 1. The molecule has 4 nitrogen and oxygen atoms in total. The van der Waals surface area contributed by atoms with Crippen LogP contribution in [0.2, 0.25) is 0 Å². The summed E-state index contributed by atoms with van der Waals surface area (Å²) in [7, 11) is 0. The Kier molecular flexibility index (Phi) is 6.96. The lowest BCUT2D eigenvalue weighted by Crippen LogP contribution is -2.34. The predicted octanol–water partition coefficient (Wildman–Crippen LogP) is 6.22. The van der Waals surface area contributed by atoms with Gasteiger partial charge in [-0.25, -0.2) is 0 Å². The van der Waals surface area contributed by atoms with Crippen LogP contribution >= 0.6 is 24.0 Å². The maximum Gasteiger partial charge on any atom is 0.446 e. The molecule has 9 heteroatoms. The molecule has 154 valence electrons. The van der Waals surface area contributed by atoms with E-state index in [0.29, 0.717) is 17.2 Å². The van der Waals surface area contributed by atoms with E-state index in [1.165, 1.54) is 24.3 Å². The molecular weight excluding hydrogens is 433 g/mol. The number of ether oxygens (including phenoxy) is 1. The van der Waals surface area contributed by atoms with Gasteiger partial charge in [0.2, 0.25) is 0 Å². The van der Waals surface area contributed by atoms with Crippen LogP contribution in [0.15, 0.2) is 83.8 Å². The van der Waals surface area contributed by atoms with Crippen molar-refractivity contribution in [2.24, 2.45) is 0 Å². The Balaban J connectivity index is 1.57. The van der Waals surface area contributed by atoms with Gasteiger partial charge in [-0.1, -0.05) is 24.3 Å². The topological polar surface area (TPSA) is 50.4 Å². The summed E-state index contributed by atoms with van der Waals surface area (Å²) in [4.78, 5) is 12.3. The Bertz CT molecular complexity index is 1030. The molecule has 3 aromatic carbocycles. The van der Waals surface area contributed by atoms with Gasteiger partial charge in [0.1, 0.15) is 11.5 Å². The zero-order valence-corrected chi connectivity index (χ0v) is 16.9. The van der Waals surface area contributed by atoms with Crippen LogP contribution in [-0.4, -0.2) is 16.5 Å². The lowest BCUT2D eigenvalue weighted by atomic mass is 10.2. The number of anilines is 1. The van der Waals surface area contributed by atoms with Crippen molar-refractivity contribution < 1.29 is 22.7 Å². The number of alkyl halides is 3. The van der Waals surface area contributed by atoms with E-state index in [2.05, 4.69) is 10.6 Å². The number of nitrogens with one attached hydrogen (secondary N) is 2. The summed E-state index contributed by atoms with van der Waals surface area (Å²) >= 11 is 4.90. The molecule has 3 aromatic rings. The van der Waals surface area contributed by atoms with Crippen molar-refractivity contribution in [3.05, 3.63) is 84.4 Å². The van der Waals surface area contributed by atoms with Crippen LogP contribution in [0.3, 0.4) is 0 Å². The highest BCUT2D eigenvalue weighted by Gasteiger charge is 2.29. The first-order valence-electron chi connectivity index (χ1n) is 8.60. The van der Waals surface area contributed by atoms with Crippen LogP contribution in [-0.2, 0) is 0 Å². The van der Waals surface area contributed by atoms with Gasteiger partial charge >= 0.3 is 5.51 Å². The largest absolute Gasteiger partial charge is 0.457 e. The average Bonchev–Trinajstić information content (AvgIpc) is 2.68. The molecule has 1 amide bonds. The maximum absolute atomic E-state index is 12.4. The highest BCUT2D eigenvalue weighted by Crippen LogP contribution is 2.36. The van der Waals surface area contributed by atoms with Gasteiger partial charge in [-0.3, -0.25) is 10.1 Å². The second-order valence-corrected chi connectivity index (χ2v) is 7.47. The standard InChI is InChI=1S/C21H15F3N2O2S2/c22-21(23,24)30-18-11-9-14(10-12-18)19(27)26-20(29)25-15-5-4-8-17(13-15)28-16-6-2-1-3-7-16/h1-13H,(H2,25,26,27,29). The molecule has 2 N–H and O–H groups in total. The van der Waals surface area contributed by atoms with E-state index in [4.69, 9.17) is 17.0 Å². The average molecular weight is 448 g/mol. The Hall–Kier alpha value is -3.04. The van der Waals surface area contributed by atoms with Crippen molar-refractivity contribution in [1.82, 2.24) is 5.32 Å². The third-order valence-corrected chi connectivity index (χ3v) is 4.59. The van der Waals surface area contributed by atoms with Gasteiger partial charge in [-0.2, -0.15) is 13.2 Å². The van der Waals surface area contributed by atoms with Gasteiger partial charge in [0.05, 0.1) is 0 Å². The van der Waals surface area contributed by atoms with Crippen molar-refractivity contribution in [2.45, 2.75) is 10.4 Å². The second kappa shape index (κ2) is 9.64. The minimum Gasteiger partial charge on any atom is -0.457 e. The second-order valence-electron chi connectivity index (χ2n) is 5.92. The highest BCUT2D eigenvalue weighted by molar-refractivity contribution is 8.00. The lowest BCUT2D eigenvalue weighted by molar-refractivity contribution is -0.0328. The number of hydrogen-bond donors (Lipinski definition) is 2. The molecule has 0 bridgehead atoms. The first-order chi connectivity index (χ1) is 14.3. The fraction of sp³-hybridized carbons (Fsp3) is 0.0476. The van der Waals surface area contributed by atoms with Gasteiger partial charge < -0.3 is 10.1 Å². The summed E-state index contributed by atoms with van der Waals surface area (Å²) in [6.45, 7) is 0. The van der Waals surface area contributed by atoms with E-state index in [-0.39, 0.29) is 27.3 Å². The first kappa shape index (κ1) is 21.7. The number of hydrogen-bond acceptors (Lipinski definition) is 4. The first-order valence-corrected chi connectivity index (χ1v) is 9.82. The molecule has 3 rings (SSSR count). The van der Waals surface area contributed by atoms with Crippen LogP contribution in [0, 0.1) is 0 Å². The monoisotopic (exact) mass is 448 g/mol. The van der Waals surface area contributed by atoms with E-state index in [1.54, 1.807) is 24.3 Å². The number of para-hydroxylation sites is 1. The number of benzene rings is 3. The summed E-state index contributed by atoms with van der Waals surface area (Å²) in [5, 5.41) is 5.42. The normalized spacial score (nSPS) is 10.9. The third kappa shape index (κ3) is 6.78. The minimum atomic E-state index is -4.38. The van der Waals surface area contributed by atoms with Gasteiger partial charge in [-0.15, -0.1) is 0 Å². The number of thiocarbonyl (C=S) groups is 1. The van der Waals surface area contributed by atoms with Crippen molar-refractivity contribution in [2.75, 3.05) is 5.32 Å². The van der Waals surface area contributed by atoms with E-state index < -0.39 is 11.4 Å². The SMILES string of the molecule is O=C(NC(=S)Nc1cccc(Oc2ccccc2)c1)c1ccc(SC(F)(F)F)cc1. The zero-order valence-electron chi connectivity index (χ0n) is 15.3. The van der Waals surface area contributed by atoms with E-state index in [1.807, 2.05) is 30.3 Å². The van der Waals surface area contributed by atoms with Gasteiger partial charge in [0.15, 0.2) is 5.11 Å². The lowest BCUT2D eigenvalue weighted by Gasteiger charge is -2.12. The van der Waals surface area contributed by atoms with Crippen molar-refractivity contribution >= 4 is 40.7 Å². The molecule has 0 saturated heterocycles. The Labute approximate surface area is 180 Å². The van der Waals surface area contributed by atoms with Crippen LogP contribution in [0.1, 0.15) is 10.4 Å². The summed E-state index contributed by atoms with van der Waals surface area (Å²) in [6.07, 6.45) is 0. The molecule has 0 unspecified atom stereocenters.